The highest BCUT2D eigenvalue weighted by Gasteiger charge is 2.23. The topological polar surface area (TPSA) is 108 Å². The summed E-state index contributed by atoms with van der Waals surface area (Å²) in [6.45, 7) is 4.53. The minimum atomic E-state index is -4.62. The Morgan fingerprint density at radius 1 is 0.434 bits per heavy atom. The van der Waals surface area contributed by atoms with Gasteiger partial charge in [0.2, 0.25) is 5.91 Å². The molecule has 8 nitrogen and oxygen atoms in total. The van der Waals surface area contributed by atoms with Gasteiger partial charge in [0.1, 0.15) is 13.2 Å². The SMILES string of the molecule is CC/C=C\C/C=C\C/C=C\C/C=C\C/C=C\C/C=C\C/C=C\C/C=C\C/C=C\C/C=C\CCCCCCC(=O)NC(COP(=O)([O-])OCC[N+](C)(C)C)C(O)/C=C/CCCCCCCCCCCCCCCCCCCCCCCCCC. The fourth-order valence-corrected chi connectivity index (χ4v) is 10.1. The zero-order valence-electron chi connectivity index (χ0n) is 54.4. The molecule has 0 fully saturated rings. The van der Waals surface area contributed by atoms with Gasteiger partial charge in [-0.1, -0.05) is 308 Å². The zero-order valence-corrected chi connectivity index (χ0v) is 55.2. The highest BCUT2D eigenvalue weighted by molar-refractivity contribution is 7.45. The first kappa shape index (κ1) is 79.6. The molecule has 83 heavy (non-hydrogen) atoms. The summed E-state index contributed by atoms with van der Waals surface area (Å²) in [6, 6.07) is -0.912. The maximum atomic E-state index is 13.0. The molecule has 3 unspecified atom stereocenters. The quantitative estimate of drug-likeness (QED) is 0.0272. The van der Waals surface area contributed by atoms with Gasteiger partial charge in [-0.05, 0) is 96.3 Å². The third kappa shape index (κ3) is 66.0. The smallest absolute Gasteiger partial charge is 0.268 e. The van der Waals surface area contributed by atoms with Crippen LogP contribution in [0.1, 0.15) is 277 Å². The maximum Gasteiger partial charge on any atom is 0.268 e. The number of likely N-dealkylation sites (N-methyl/N-ethyl adjacent to an activating group) is 1. The fraction of sp³-hybridized carbons (Fsp3) is 0.689. The van der Waals surface area contributed by atoms with Gasteiger partial charge in [0, 0.05) is 6.42 Å². The molecule has 0 aromatic carbocycles. The van der Waals surface area contributed by atoms with Crippen molar-refractivity contribution in [1.82, 2.24) is 5.32 Å². The van der Waals surface area contributed by atoms with E-state index in [9.17, 15) is 19.4 Å². The number of hydrogen-bond donors (Lipinski definition) is 2. The van der Waals surface area contributed by atoms with Crippen LogP contribution in [0.15, 0.2) is 134 Å². The van der Waals surface area contributed by atoms with E-state index in [-0.39, 0.29) is 12.5 Å². The second kappa shape index (κ2) is 63.2. The Morgan fingerprint density at radius 2 is 0.735 bits per heavy atom. The number of hydrogen-bond acceptors (Lipinski definition) is 6. The van der Waals surface area contributed by atoms with Gasteiger partial charge < -0.3 is 28.8 Å². The lowest BCUT2D eigenvalue weighted by Crippen LogP contribution is -2.45. The van der Waals surface area contributed by atoms with E-state index in [1.54, 1.807) is 6.08 Å². The van der Waals surface area contributed by atoms with E-state index in [0.717, 1.165) is 116 Å². The van der Waals surface area contributed by atoms with Crippen LogP contribution in [0.3, 0.4) is 0 Å². The van der Waals surface area contributed by atoms with Crippen molar-refractivity contribution in [2.75, 3.05) is 40.9 Å². The summed E-state index contributed by atoms with van der Waals surface area (Å²) in [5, 5.41) is 13.9. The number of quaternary nitrogens is 1. The first-order chi connectivity index (χ1) is 40.5. The number of allylic oxidation sites excluding steroid dienone is 21. The number of phosphoric acid groups is 1. The molecular weight excluding hydrogens is 1040 g/mol. The number of aliphatic hydroxyl groups excluding tert-OH is 1. The maximum absolute atomic E-state index is 13.0. The number of unbranched alkanes of at least 4 members (excludes halogenated alkanes) is 28. The minimum absolute atomic E-state index is 0.0131. The zero-order chi connectivity index (χ0) is 60.5. The standard InChI is InChI=1S/C74H129N2O6P/c1-6-8-10-12-14-16-18-20-22-24-26-28-30-32-34-35-36-37-38-39-40-41-42-44-46-48-50-52-54-56-58-60-62-64-66-68-74(78)75-72(71-82-83(79,80)81-70-69-76(3,4)5)73(77)67-65-63-61-59-57-55-53-51-49-47-45-43-33-31-29-27-25-23-21-19-17-15-13-11-9-7-2/h8,10,14,16,20,22,26,28,32,34,36-37,39-40,42,44,48,50,54,56,65,67,72-73,77H,6-7,9,11-13,15,17-19,21,23-25,27,29-31,33,35,38,41,43,45-47,49,51-53,55,57-64,66,68-71H2,1-5H3,(H-,75,78,79,80)/b10-8-,16-14-,22-20-,28-26-,34-32-,37-36-,40-39-,44-42-,50-48-,56-54-,67-65+. The molecule has 476 valence electrons. The summed E-state index contributed by atoms with van der Waals surface area (Å²) < 4.78 is 23.4. The van der Waals surface area contributed by atoms with Gasteiger partial charge in [0.05, 0.1) is 39.9 Å². The van der Waals surface area contributed by atoms with Gasteiger partial charge in [0.15, 0.2) is 0 Å². The lowest BCUT2D eigenvalue weighted by atomic mass is 10.0. The van der Waals surface area contributed by atoms with Crippen molar-refractivity contribution in [2.45, 2.75) is 289 Å². The largest absolute Gasteiger partial charge is 0.756 e. The molecule has 0 aliphatic heterocycles. The predicted molar refractivity (Wildman–Crippen MR) is 362 cm³/mol. The molecule has 1 amide bonds. The van der Waals surface area contributed by atoms with Crippen LogP contribution in [-0.2, 0) is 18.4 Å². The van der Waals surface area contributed by atoms with E-state index in [1.165, 1.54) is 141 Å². The Morgan fingerprint density at radius 3 is 1.07 bits per heavy atom. The van der Waals surface area contributed by atoms with Crippen LogP contribution in [-0.4, -0.2) is 68.5 Å². The van der Waals surface area contributed by atoms with Crippen LogP contribution in [0, 0.1) is 0 Å². The van der Waals surface area contributed by atoms with Crippen molar-refractivity contribution in [3.63, 3.8) is 0 Å². The summed E-state index contributed by atoms with van der Waals surface area (Å²) in [5.74, 6) is -0.224. The van der Waals surface area contributed by atoms with E-state index in [2.05, 4.69) is 141 Å². The second-order valence-corrected chi connectivity index (χ2v) is 25.2. The molecule has 0 heterocycles. The molecule has 0 radical (unpaired) electrons. The molecule has 9 heteroatoms. The summed E-state index contributed by atoms with van der Waals surface area (Å²) in [7, 11) is 1.23. The van der Waals surface area contributed by atoms with Crippen molar-refractivity contribution in [3.05, 3.63) is 134 Å². The number of rotatable bonds is 61. The molecule has 2 N–H and O–H groups in total. The van der Waals surface area contributed by atoms with Gasteiger partial charge in [-0.3, -0.25) is 9.36 Å². The van der Waals surface area contributed by atoms with Crippen LogP contribution in [0.4, 0.5) is 0 Å². The van der Waals surface area contributed by atoms with Crippen molar-refractivity contribution < 1.29 is 32.9 Å². The van der Waals surface area contributed by atoms with Crippen molar-refractivity contribution in [1.29, 1.82) is 0 Å². The Balaban J connectivity index is 4.23. The molecular formula is C74H129N2O6P. The van der Waals surface area contributed by atoms with Gasteiger partial charge in [-0.15, -0.1) is 0 Å². The second-order valence-electron chi connectivity index (χ2n) is 23.8. The Labute approximate surface area is 513 Å². The molecule has 0 saturated heterocycles. The first-order valence-corrected chi connectivity index (χ1v) is 35.5. The Kier molecular flexibility index (Phi) is 60.6. The van der Waals surface area contributed by atoms with Crippen molar-refractivity contribution in [2.24, 2.45) is 0 Å². The minimum Gasteiger partial charge on any atom is -0.756 e. The van der Waals surface area contributed by atoms with E-state index in [4.69, 9.17) is 9.05 Å². The van der Waals surface area contributed by atoms with Gasteiger partial charge in [-0.2, -0.15) is 0 Å². The number of carbonyl (C=O) groups excluding carboxylic acids is 1. The van der Waals surface area contributed by atoms with Crippen LogP contribution >= 0.6 is 7.82 Å². The average molecular weight is 1170 g/mol. The summed E-state index contributed by atoms with van der Waals surface area (Å²) in [4.78, 5) is 25.6. The highest BCUT2D eigenvalue weighted by Crippen LogP contribution is 2.38. The molecule has 0 bridgehead atoms. The summed E-state index contributed by atoms with van der Waals surface area (Å²) in [5.41, 5.74) is 0. The highest BCUT2D eigenvalue weighted by atomic mass is 31.2. The van der Waals surface area contributed by atoms with Gasteiger partial charge in [-0.25, -0.2) is 0 Å². The third-order valence-electron chi connectivity index (χ3n) is 14.6. The van der Waals surface area contributed by atoms with E-state index >= 15 is 0 Å². The first-order valence-electron chi connectivity index (χ1n) is 34.0. The van der Waals surface area contributed by atoms with Gasteiger partial charge >= 0.3 is 0 Å². The fourth-order valence-electron chi connectivity index (χ4n) is 9.36. The summed E-state index contributed by atoms with van der Waals surface area (Å²) in [6.07, 6.45) is 95.6. The lowest BCUT2D eigenvalue weighted by Gasteiger charge is -2.29. The normalized spacial score (nSPS) is 14.5. The molecule has 0 aromatic rings. The van der Waals surface area contributed by atoms with Crippen LogP contribution in [0.5, 0.6) is 0 Å². The van der Waals surface area contributed by atoms with E-state index in [1.807, 2.05) is 27.2 Å². The van der Waals surface area contributed by atoms with Gasteiger partial charge in [0.25, 0.3) is 7.82 Å². The number of carbonyl (C=O) groups is 1. The van der Waals surface area contributed by atoms with Crippen LogP contribution in [0.2, 0.25) is 0 Å². The van der Waals surface area contributed by atoms with Crippen molar-refractivity contribution in [3.8, 4) is 0 Å². The number of aliphatic hydroxyl groups is 1. The number of nitrogens with zero attached hydrogens (tertiary/aromatic N) is 1. The van der Waals surface area contributed by atoms with E-state index < -0.39 is 26.6 Å². The molecule has 0 saturated carbocycles. The third-order valence-corrected chi connectivity index (χ3v) is 15.6. The molecule has 0 aliphatic rings. The monoisotopic (exact) mass is 1170 g/mol. The van der Waals surface area contributed by atoms with E-state index in [0.29, 0.717) is 17.4 Å². The number of nitrogens with one attached hydrogen (secondary N) is 1. The number of amides is 1. The van der Waals surface area contributed by atoms with Crippen LogP contribution < -0.4 is 10.2 Å². The average Bonchev–Trinajstić information content (AvgIpc) is 3.49. The Hall–Kier alpha value is -3.36. The lowest BCUT2D eigenvalue weighted by molar-refractivity contribution is -0.870. The Bertz CT molecular complexity index is 1810. The summed E-state index contributed by atoms with van der Waals surface area (Å²) >= 11 is 0. The molecule has 0 rings (SSSR count). The molecule has 0 aromatic heterocycles. The molecule has 0 aliphatic carbocycles. The molecule has 0 spiro atoms. The van der Waals surface area contributed by atoms with Crippen molar-refractivity contribution >= 4 is 13.7 Å². The predicted octanol–water partition coefficient (Wildman–Crippen LogP) is 21.2. The number of phosphoric ester groups is 1. The van der Waals surface area contributed by atoms with Crippen LogP contribution in [0.25, 0.3) is 0 Å². The molecule has 3 atom stereocenters.